The Hall–Kier alpha value is -3.34. The van der Waals surface area contributed by atoms with Crippen molar-refractivity contribution in [2.45, 2.75) is 20.3 Å². The van der Waals surface area contributed by atoms with Crippen LogP contribution in [0.25, 0.3) is 22.2 Å². The summed E-state index contributed by atoms with van der Waals surface area (Å²) < 4.78 is 0. The maximum Gasteiger partial charge on any atom is 0.225 e. The van der Waals surface area contributed by atoms with Crippen LogP contribution in [0.15, 0.2) is 66.9 Å². The highest BCUT2D eigenvalue weighted by Crippen LogP contribution is 2.24. The topological polar surface area (TPSA) is 56.8 Å². The fourth-order valence-corrected chi connectivity index (χ4v) is 3.63. The number of benzene rings is 2. The van der Waals surface area contributed by atoms with E-state index in [-0.39, 0.29) is 0 Å². The molecule has 29 heavy (non-hydrogen) atoms. The first kappa shape index (κ1) is 19.0. The van der Waals surface area contributed by atoms with Crippen LogP contribution in [0.5, 0.6) is 0 Å². The monoisotopic (exact) mass is 385 g/mol. The Morgan fingerprint density at radius 1 is 0.931 bits per heavy atom. The molecule has 2 N–H and O–H groups in total. The lowest BCUT2D eigenvalue weighted by molar-refractivity contribution is 0.841. The lowest BCUT2D eigenvalue weighted by atomic mass is 10.1. The molecule has 0 radical (unpaired) electrons. The normalized spacial score (nSPS) is 11.0. The van der Waals surface area contributed by atoms with Gasteiger partial charge in [0, 0.05) is 48.4 Å². The molecule has 0 saturated carbocycles. The van der Waals surface area contributed by atoms with Crippen molar-refractivity contribution in [3.05, 3.63) is 72.4 Å². The SMILES string of the molecule is CCN(CC)c1cc(-c2ccccc2)nc(NCCc2c[nH]c3ccccc23)n1. The molecule has 0 atom stereocenters. The van der Waals surface area contributed by atoms with Gasteiger partial charge >= 0.3 is 0 Å². The highest BCUT2D eigenvalue weighted by atomic mass is 15.2. The first-order valence-electron chi connectivity index (χ1n) is 10.3. The smallest absolute Gasteiger partial charge is 0.225 e. The average molecular weight is 386 g/mol. The van der Waals surface area contributed by atoms with Crippen molar-refractivity contribution in [2.75, 3.05) is 29.9 Å². The number of nitrogens with zero attached hydrogens (tertiary/aromatic N) is 3. The quantitative estimate of drug-likeness (QED) is 0.442. The van der Waals surface area contributed by atoms with Crippen molar-refractivity contribution in [1.29, 1.82) is 0 Å². The minimum Gasteiger partial charge on any atom is -0.361 e. The second-order valence-corrected chi connectivity index (χ2v) is 7.01. The Kier molecular flexibility index (Phi) is 5.75. The van der Waals surface area contributed by atoms with Crippen LogP contribution < -0.4 is 10.2 Å². The number of hydrogen-bond acceptors (Lipinski definition) is 4. The van der Waals surface area contributed by atoms with E-state index < -0.39 is 0 Å². The Morgan fingerprint density at radius 2 is 1.69 bits per heavy atom. The summed E-state index contributed by atoms with van der Waals surface area (Å²) in [4.78, 5) is 15.1. The second-order valence-electron chi connectivity index (χ2n) is 7.01. The highest BCUT2D eigenvalue weighted by Gasteiger charge is 2.11. The first-order valence-corrected chi connectivity index (χ1v) is 10.3. The lowest BCUT2D eigenvalue weighted by Gasteiger charge is -2.21. The molecule has 0 amide bonds. The van der Waals surface area contributed by atoms with Gasteiger partial charge in [-0.15, -0.1) is 0 Å². The summed E-state index contributed by atoms with van der Waals surface area (Å²) in [6, 6.07) is 20.8. The van der Waals surface area contributed by atoms with Crippen molar-refractivity contribution >= 4 is 22.7 Å². The van der Waals surface area contributed by atoms with Crippen LogP contribution in [-0.4, -0.2) is 34.6 Å². The fourth-order valence-electron chi connectivity index (χ4n) is 3.63. The van der Waals surface area contributed by atoms with Gasteiger partial charge in [-0.3, -0.25) is 0 Å². The molecule has 2 aromatic carbocycles. The van der Waals surface area contributed by atoms with E-state index in [0.29, 0.717) is 5.95 Å². The van der Waals surface area contributed by atoms with Gasteiger partial charge in [0.1, 0.15) is 5.82 Å². The van der Waals surface area contributed by atoms with Crippen molar-refractivity contribution in [3.8, 4) is 11.3 Å². The largest absolute Gasteiger partial charge is 0.361 e. The van der Waals surface area contributed by atoms with E-state index in [1.54, 1.807) is 0 Å². The number of fused-ring (bicyclic) bond motifs is 1. The minimum absolute atomic E-state index is 0.674. The lowest BCUT2D eigenvalue weighted by Crippen LogP contribution is -2.23. The molecular formula is C24H27N5. The van der Waals surface area contributed by atoms with Crippen molar-refractivity contribution in [3.63, 3.8) is 0 Å². The van der Waals surface area contributed by atoms with Gasteiger partial charge < -0.3 is 15.2 Å². The van der Waals surface area contributed by atoms with Gasteiger partial charge in [0.25, 0.3) is 0 Å². The van der Waals surface area contributed by atoms with E-state index in [0.717, 1.165) is 43.1 Å². The Balaban J connectivity index is 1.56. The molecule has 5 nitrogen and oxygen atoms in total. The molecule has 148 valence electrons. The molecule has 0 fully saturated rings. The summed E-state index contributed by atoms with van der Waals surface area (Å²) in [6.07, 6.45) is 3.00. The third-order valence-electron chi connectivity index (χ3n) is 5.22. The molecule has 0 unspecified atom stereocenters. The molecule has 4 rings (SSSR count). The number of aromatic nitrogens is 3. The number of H-pyrrole nitrogens is 1. The molecule has 2 heterocycles. The predicted molar refractivity (Wildman–Crippen MR) is 122 cm³/mol. The number of anilines is 2. The van der Waals surface area contributed by atoms with E-state index in [9.17, 15) is 0 Å². The third kappa shape index (κ3) is 4.24. The van der Waals surface area contributed by atoms with Gasteiger partial charge in [0.05, 0.1) is 5.69 Å². The van der Waals surface area contributed by atoms with Crippen LogP contribution in [0.4, 0.5) is 11.8 Å². The molecule has 0 aliphatic rings. The van der Waals surface area contributed by atoms with E-state index in [1.165, 1.54) is 16.5 Å². The molecule has 0 aliphatic heterocycles. The molecule has 0 spiro atoms. The fraction of sp³-hybridized carbons (Fsp3) is 0.250. The third-order valence-corrected chi connectivity index (χ3v) is 5.22. The van der Waals surface area contributed by atoms with Gasteiger partial charge in [-0.1, -0.05) is 48.5 Å². The van der Waals surface area contributed by atoms with Gasteiger partial charge in [0.15, 0.2) is 0 Å². The van der Waals surface area contributed by atoms with Crippen molar-refractivity contribution in [2.24, 2.45) is 0 Å². The molecule has 4 aromatic rings. The number of para-hydroxylation sites is 1. The molecular weight excluding hydrogens is 358 g/mol. The molecule has 0 bridgehead atoms. The van der Waals surface area contributed by atoms with Crippen molar-refractivity contribution < 1.29 is 0 Å². The van der Waals surface area contributed by atoms with Crippen LogP contribution in [0, 0.1) is 0 Å². The number of aromatic amines is 1. The van der Waals surface area contributed by atoms with E-state index in [1.807, 2.05) is 18.2 Å². The van der Waals surface area contributed by atoms with E-state index >= 15 is 0 Å². The van der Waals surface area contributed by atoms with E-state index in [2.05, 4.69) is 77.7 Å². The standard InChI is InChI=1S/C24H27N5/c1-3-29(4-2)23-16-22(18-10-6-5-7-11-18)27-24(28-23)25-15-14-19-17-26-21-13-9-8-12-20(19)21/h5-13,16-17,26H,3-4,14-15H2,1-2H3,(H,25,27,28). The van der Waals surface area contributed by atoms with Crippen LogP contribution >= 0.6 is 0 Å². The summed E-state index contributed by atoms with van der Waals surface area (Å²) in [5.41, 5.74) is 4.52. The minimum atomic E-state index is 0.674. The maximum absolute atomic E-state index is 4.78. The predicted octanol–water partition coefficient (Wildman–Crippen LogP) is 5.13. The van der Waals surface area contributed by atoms with Gasteiger partial charge in [-0.2, -0.15) is 4.98 Å². The van der Waals surface area contributed by atoms with Gasteiger partial charge in [-0.25, -0.2) is 4.98 Å². The number of nitrogens with one attached hydrogen (secondary N) is 2. The summed E-state index contributed by atoms with van der Waals surface area (Å²) in [5.74, 6) is 1.63. The van der Waals surface area contributed by atoms with Gasteiger partial charge in [-0.05, 0) is 31.9 Å². The Labute approximate surface area is 171 Å². The zero-order valence-corrected chi connectivity index (χ0v) is 17.0. The van der Waals surface area contributed by atoms with Crippen molar-refractivity contribution in [1.82, 2.24) is 15.0 Å². The Bertz CT molecular complexity index is 1070. The molecule has 2 aromatic heterocycles. The zero-order valence-electron chi connectivity index (χ0n) is 17.0. The zero-order chi connectivity index (χ0) is 20.1. The summed E-state index contributed by atoms with van der Waals surface area (Å²) in [7, 11) is 0. The van der Waals surface area contributed by atoms with Gasteiger partial charge in [0.2, 0.25) is 5.95 Å². The summed E-state index contributed by atoms with van der Waals surface area (Å²) in [6.45, 7) is 6.90. The molecule has 0 aliphatic carbocycles. The maximum atomic E-state index is 4.78. The van der Waals surface area contributed by atoms with Crippen LogP contribution in [0.3, 0.4) is 0 Å². The number of rotatable bonds is 8. The average Bonchev–Trinajstić information content (AvgIpc) is 3.18. The molecule has 5 heteroatoms. The van der Waals surface area contributed by atoms with Crippen LogP contribution in [-0.2, 0) is 6.42 Å². The van der Waals surface area contributed by atoms with Crippen LogP contribution in [0.1, 0.15) is 19.4 Å². The summed E-state index contributed by atoms with van der Waals surface area (Å²) >= 11 is 0. The highest BCUT2D eigenvalue weighted by molar-refractivity contribution is 5.83. The number of hydrogen-bond donors (Lipinski definition) is 2. The second kappa shape index (κ2) is 8.78. The summed E-state index contributed by atoms with van der Waals surface area (Å²) in [5, 5.41) is 4.71. The van der Waals surface area contributed by atoms with E-state index in [4.69, 9.17) is 9.97 Å². The van der Waals surface area contributed by atoms with Crippen LogP contribution in [0.2, 0.25) is 0 Å². The first-order chi connectivity index (χ1) is 14.3. The molecule has 0 saturated heterocycles. The Morgan fingerprint density at radius 3 is 2.48 bits per heavy atom.